The molecule has 3 atom stereocenters. The van der Waals surface area contributed by atoms with Crippen molar-refractivity contribution in [2.75, 3.05) is 19.8 Å². The van der Waals surface area contributed by atoms with Crippen LogP contribution in [0.3, 0.4) is 0 Å². The van der Waals surface area contributed by atoms with Gasteiger partial charge in [0.2, 0.25) is 11.8 Å². The maximum absolute atomic E-state index is 10.1. The highest BCUT2D eigenvalue weighted by atomic mass is 16.5. The number of aliphatic hydroxyl groups excluding tert-OH is 1. The van der Waals surface area contributed by atoms with Crippen LogP contribution in [0.4, 0.5) is 0 Å². The van der Waals surface area contributed by atoms with Crippen molar-refractivity contribution in [3.8, 4) is 23.0 Å². The van der Waals surface area contributed by atoms with E-state index in [0.29, 0.717) is 24.9 Å². The summed E-state index contributed by atoms with van der Waals surface area (Å²) in [6.45, 7) is 12.2. The van der Waals surface area contributed by atoms with E-state index in [2.05, 4.69) is 16.2 Å². The molecule has 2 aliphatic heterocycles. The molecule has 11 nitrogen and oxygen atoms in total. The first-order valence-electron chi connectivity index (χ1n) is 14.1. The van der Waals surface area contributed by atoms with Crippen molar-refractivity contribution in [2.45, 2.75) is 72.2 Å². The third-order valence-corrected chi connectivity index (χ3v) is 8.15. The lowest BCUT2D eigenvalue weighted by Gasteiger charge is -2.30. The molecule has 0 spiro atoms. The largest absolute Gasteiger partial charge is 0.476 e. The molecule has 0 aliphatic carbocycles. The first kappa shape index (κ1) is 26.5. The van der Waals surface area contributed by atoms with Gasteiger partial charge in [-0.25, -0.2) is 14.6 Å². The average Bonchev–Trinajstić information content (AvgIpc) is 3.69. The van der Waals surface area contributed by atoms with Gasteiger partial charge in [-0.2, -0.15) is 5.10 Å². The van der Waals surface area contributed by atoms with Gasteiger partial charge in [0.1, 0.15) is 11.9 Å². The number of imidazole rings is 1. The van der Waals surface area contributed by atoms with Crippen LogP contribution in [0.25, 0.3) is 28.9 Å². The monoisotopic (exact) mass is 546 g/mol. The number of hydrogen-bond donors (Lipinski definition) is 1. The number of aromatic nitrogens is 7. The van der Waals surface area contributed by atoms with E-state index >= 15 is 0 Å². The minimum Gasteiger partial charge on any atom is -0.476 e. The van der Waals surface area contributed by atoms with E-state index in [0.717, 1.165) is 64.6 Å². The molecule has 0 unspecified atom stereocenters. The molecule has 2 aliphatic rings. The van der Waals surface area contributed by atoms with Gasteiger partial charge in [-0.05, 0) is 66.2 Å². The summed E-state index contributed by atoms with van der Waals surface area (Å²) in [5, 5.41) is 19.6. The van der Waals surface area contributed by atoms with Crippen LogP contribution < -0.4 is 9.47 Å². The fourth-order valence-corrected chi connectivity index (χ4v) is 6.13. The summed E-state index contributed by atoms with van der Waals surface area (Å²) in [5.74, 6) is 2.05. The third-order valence-electron chi connectivity index (χ3n) is 8.15. The number of fused-ring (bicyclic) bond motifs is 5. The van der Waals surface area contributed by atoms with Crippen molar-refractivity contribution in [1.82, 2.24) is 38.8 Å². The maximum Gasteiger partial charge on any atom is 0.240 e. The molecule has 2 bridgehead atoms. The molecule has 4 aromatic heterocycles. The number of rotatable bonds is 4. The van der Waals surface area contributed by atoms with Gasteiger partial charge in [0.05, 0.1) is 64.9 Å². The van der Waals surface area contributed by atoms with E-state index in [1.165, 1.54) is 0 Å². The molecule has 40 heavy (non-hydrogen) atoms. The molecule has 0 aromatic carbocycles. The highest BCUT2D eigenvalue weighted by Gasteiger charge is 2.34. The summed E-state index contributed by atoms with van der Waals surface area (Å²) >= 11 is 0. The summed E-state index contributed by atoms with van der Waals surface area (Å²) in [6.07, 6.45) is 9.93. The highest BCUT2D eigenvalue weighted by molar-refractivity contribution is 5.74. The first-order chi connectivity index (χ1) is 19.3. The Labute approximate surface area is 234 Å². The van der Waals surface area contributed by atoms with Crippen molar-refractivity contribution in [2.24, 2.45) is 7.05 Å². The van der Waals surface area contributed by atoms with Gasteiger partial charge < -0.3 is 14.6 Å². The van der Waals surface area contributed by atoms with Gasteiger partial charge in [0, 0.05) is 25.8 Å². The van der Waals surface area contributed by atoms with Crippen molar-refractivity contribution in [3.63, 3.8) is 0 Å². The van der Waals surface area contributed by atoms with Gasteiger partial charge in [0.25, 0.3) is 0 Å². The van der Waals surface area contributed by atoms with Crippen molar-refractivity contribution in [3.05, 3.63) is 40.9 Å². The Hall–Kier alpha value is -3.70. The van der Waals surface area contributed by atoms with Gasteiger partial charge in [-0.3, -0.25) is 14.0 Å². The molecule has 6 heterocycles. The number of aryl methyl sites for hydroxylation is 3. The molecule has 0 saturated carbocycles. The van der Waals surface area contributed by atoms with Gasteiger partial charge in [-0.1, -0.05) is 0 Å². The fourth-order valence-electron chi connectivity index (χ4n) is 6.13. The van der Waals surface area contributed by atoms with Crippen LogP contribution in [-0.2, 0) is 13.6 Å². The maximum atomic E-state index is 10.1. The zero-order chi connectivity index (χ0) is 28.1. The summed E-state index contributed by atoms with van der Waals surface area (Å²) in [7, 11) is 1.92. The van der Waals surface area contributed by atoms with Crippen LogP contribution >= 0.6 is 0 Å². The SMILES string of the molecule is CCOc1nn([C@@H](C)CO)c2c1/C=C/c1ncc3c(C)nc(cn13)-c1c(C)nn(C)c1O[C@@H](C)[C@H]1CCCN1C2. The van der Waals surface area contributed by atoms with Gasteiger partial charge in [-0.15, -0.1) is 5.10 Å². The summed E-state index contributed by atoms with van der Waals surface area (Å²) in [6, 6.07) is -0.00219. The van der Waals surface area contributed by atoms with Gasteiger partial charge in [0.15, 0.2) is 0 Å². The fraction of sp³-hybridized carbons (Fsp3) is 0.517. The lowest BCUT2D eigenvalue weighted by atomic mass is 10.1. The second kappa shape index (κ2) is 10.4. The average molecular weight is 547 g/mol. The van der Waals surface area contributed by atoms with E-state index < -0.39 is 0 Å². The molecule has 1 N–H and O–H groups in total. The zero-order valence-corrected chi connectivity index (χ0v) is 24.1. The van der Waals surface area contributed by atoms with Gasteiger partial charge >= 0.3 is 0 Å². The van der Waals surface area contributed by atoms with Crippen LogP contribution in [0, 0.1) is 13.8 Å². The molecule has 212 valence electrons. The summed E-state index contributed by atoms with van der Waals surface area (Å²) in [5.41, 5.74) is 6.28. The van der Waals surface area contributed by atoms with Crippen LogP contribution in [0.1, 0.15) is 68.1 Å². The first-order valence-corrected chi connectivity index (χ1v) is 14.1. The number of nitrogens with zero attached hydrogens (tertiary/aromatic N) is 8. The van der Waals surface area contributed by atoms with Crippen molar-refractivity contribution < 1.29 is 14.6 Å². The van der Waals surface area contributed by atoms with E-state index in [-0.39, 0.29) is 24.8 Å². The van der Waals surface area contributed by atoms with E-state index in [1.807, 2.05) is 68.7 Å². The normalized spacial score (nSPS) is 20.9. The Morgan fingerprint density at radius 3 is 2.80 bits per heavy atom. The van der Waals surface area contributed by atoms with E-state index in [1.54, 1.807) is 0 Å². The third kappa shape index (κ3) is 4.37. The zero-order valence-electron chi connectivity index (χ0n) is 24.1. The quantitative estimate of drug-likeness (QED) is 0.412. The molecular weight excluding hydrogens is 508 g/mol. The molecule has 0 amide bonds. The lowest BCUT2D eigenvalue weighted by Crippen LogP contribution is -2.41. The van der Waals surface area contributed by atoms with Crippen molar-refractivity contribution in [1.29, 1.82) is 0 Å². The van der Waals surface area contributed by atoms with Crippen LogP contribution in [-0.4, -0.2) is 75.8 Å². The van der Waals surface area contributed by atoms with Crippen molar-refractivity contribution >= 4 is 17.7 Å². The molecule has 1 fully saturated rings. The second-order valence-electron chi connectivity index (χ2n) is 10.9. The highest BCUT2D eigenvalue weighted by Crippen LogP contribution is 2.36. The second-order valence-corrected chi connectivity index (χ2v) is 10.9. The number of ether oxygens (including phenoxy) is 2. The minimum absolute atomic E-state index is 0.0189. The summed E-state index contributed by atoms with van der Waals surface area (Å²) < 4.78 is 18.6. The Morgan fingerprint density at radius 1 is 1.20 bits per heavy atom. The Morgan fingerprint density at radius 2 is 2.02 bits per heavy atom. The predicted octanol–water partition coefficient (Wildman–Crippen LogP) is 3.81. The topological polar surface area (TPSA) is 108 Å². The lowest BCUT2D eigenvalue weighted by molar-refractivity contribution is 0.0914. The smallest absolute Gasteiger partial charge is 0.240 e. The van der Waals surface area contributed by atoms with Crippen LogP contribution in [0.5, 0.6) is 11.8 Å². The van der Waals surface area contributed by atoms with E-state index in [9.17, 15) is 5.11 Å². The molecular formula is C29H38N8O3. The molecule has 1 saturated heterocycles. The Bertz CT molecular complexity index is 1580. The van der Waals surface area contributed by atoms with Crippen LogP contribution in [0.15, 0.2) is 12.4 Å². The van der Waals surface area contributed by atoms with E-state index in [4.69, 9.17) is 29.6 Å². The molecule has 6 rings (SSSR count). The molecule has 0 radical (unpaired) electrons. The standard InChI is InChI=1S/C29H38N8O3/c1-7-39-28-21-10-11-26-30-13-24-18(3)31-22(14-36(24)26)27-19(4)32-34(6)29(27)40-20(5)23-9-8-12-35(23)15-25(21)37(33-28)17(2)16-38/h10-11,13-14,17,20,23,38H,7-9,12,15-16H2,1-6H3/b11-10+/t17-,20-,23+/m0/s1. The number of aliphatic hydroxyl groups is 1. The van der Waals surface area contributed by atoms with Crippen LogP contribution in [0.2, 0.25) is 0 Å². The Kier molecular flexibility index (Phi) is 6.87. The molecule has 11 heteroatoms. The number of hydrogen-bond acceptors (Lipinski definition) is 8. The predicted molar refractivity (Wildman–Crippen MR) is 152 cm³/mol. The summed E-state index contributed by atoms with van der Waals surface area (Å²) in [4.78, 5) is 12.1. The minimum atomic E-state index is -0.198. The Balaban J connectivity index is 1.60. The molecule has 4 aromatic rings.